The van der Waals surface area contributed by atoms with Gasteiger partial charge in [0.1, 0.15) is 5.75 Å². The zero-order chi connectivity index (χ0) is 22.9. The number of carbonyl (C=O) groups excluding carboxylic acids is 1. The summed E-state index contributed by atoms with van der Waals surface area (Å²) in [7, 11) is 0. The Balaban J connectivity index is 1.39. The molecular formula is C26H25FN4O2. The van der Waals surface area contributed by atoms with Crippen molar-refractivity contribution in [2.24, 2.45) is 0 Å². The van der Waals surface area contributed by atoms with Crippen LogP contribution in [0.4, 0.5) is 21.5 Å². The largest absolute Gasteiger partial charge is 0.454 e. The van der Waals surface area contributed by atoms with Gasteiger partial charge >= 0.3 is 0 Å². The first-order valence-electron chi connectivity index (χ1n) is 11.0. The van der Waals surface area contributed by atoms with Crippen LogP contribution in [-0.2, 0) is 4.79 Å². The number of likely N-dealkylation sites (tertiary alicyclic amines) is 1. The lowest BCUT2D eigenvalue weighted by atomic mass is 10.2. The van der Waals surface area contributed by atoms with Gasteiger partial charge in [-0.05, 0) is 55.3 Å². The standard InChI is InChI=1S/C26H25FN4O2/c1-3-26(32)29-12-10-20(16-29)31-17-30(24-15-28-11-9-23(24)31)19-7-8-25(22(27)14-19)33-21-6-4-5-18(2)13-21/h3-9,11,13-15,20H,1,10,12,16-17H2,2H3/t20-/m1/s1. The van der Waals surface area contributed by atoms with Crippen molar-refractivity contribution in [3.63, 3.8) is 0 Å². The van der Waals surface area contributed by atoms with Crippen molar-refractivity contribution in [3.8, 4) is 11.5 Å². The van der Waals surface area contributed by atoms with Crippen LogP contribution in [0.3, 0.4) is 0 Å². The molecule has 5 rings (SSSR count). The van der Waals surface area contributed by atoms with Crippen LogP contribution in [0.2, 0.25) is 0 Å². The normalized spacial score (nSPS) is 17.3. The summed E-state index contributed by atoms with van der Waals surface area (Å²) in [5.41, 5.74) is 3.71. The molecule has 1 amide bonds. The molecule has 0 N–H and O–H groups in total. The molecule has 6 nitrogen and oxygen atoms in total. The highest BCUT2D eigenvalue weighted by Gasteiger charge is 2.36. The van der Waals surface area contributed by atoms with Crippen molar-refractivity contribution < 1.29 is 13.9 Å². The molecule has 1 atom stereocenters. The molecule has 0 spiro atoms. The molecule has 7 heteroatoms. The summed E-state index contributed by atoms with van der Waals surface area (Å²) in [5, 5.41) is 0. The summed E-state index contributed by atoms with van der Waals surface area (Å²) in [6.45, 7) is 7.45. The molecule has 1 fully saturated rings. The molecular weight excluding hydrogens is 419 g/mol. The van der Waals surface area contributed by atoms with Gasteiger partial charge < -0.3 is 19.4 Å². The Bertz CT molecular complexity index is 1210. The highest BCUT2D eigenvalue weighted by molar-refractivity contribution is 5.87. The second-order valence-corrected chi connectivity index (χ2v) is 8.37. The van der Waals surface area contributed by atoms with E-state index in [2.05, 4.69) is 16.5 Å². The van der Waals surface area contributed by atoms with Gasteiger partial charge in [0.05, 0.1) is 30.3 Å². The average Bonchev–Trinajstić information content (AvgIpc) is 3.45. The maximum Gasteiger partial charge on any atom is 0.246 e. The number of rotatable bonds is 5. The van der Waals surface area contributed by atoms with Gasteiger partial charge in [0.15, 0.2) is 11.6 Å². The molecule has 0 bridgehead atoms. The molecule has 1 saturated heterocycles. The number of carbonyl (C=O) groups is 1. The molecule has 168 valence electrons. The van der Waals surface area contributed by atoms with E-state index in [1.54, 1.807) is 18.5 Å². The first-order chi connectivity index (χ1) is 16.0. The van der Waals surface area contributed by atoms with Crippen LogP contribution < -0.4 is 14.5 Å². The summed E-state index contributed by atoms with van der Waals surface area (Å²) in [6, 6.07) is 14.7. The van der Waals surface area contributed by atoms with Crippen molar-refractivity contribution in [3.05, 3.63) is 85.0 Å². The van der Waals surface area contributed by atoms with E-state index in [0.29, 0.717) is 25.5 Å². The summed E-state index contributed by atoms with van der Waals surface area (Å²) < 4.78 is 20.8. The molecule has 0 radical (unpaired) electrons. The Morgan fingerprint density at radius 3 is 2.88 bits per heavy atom. The molecule has 0 unspecified atom stereocenters. The lowest BCUT2D eigenvalue weighted by molar-refractivity contribution is -0.125. The Morgan fingerprint density at radius 2 is 2.09 bits per heavy atom. The van der Waals surface area contributed by atoms with Gasteiger partial charge in [0, 0.05) is 31.0 Å². The maximum absolute atomic E-state index is 15.0. The van der Waals surface area contributed by atoms with Crippen molar-refractivity contribution >= 4 is 23.0 Å². The fraction of sp³-hybridized carbons (Fsp3) is 0.231. The van der Waals surface area contributed by atoms with Crippen LogP contribution in [0.15, 0.2) is 73.6 Å². The number of hydrogen-bond acceptors (Lipinski definition) is 5. The number of amides is 1. The first kappa shape index (κ1) is 21.0. The van der Waals surface area contributed by atoms with Gasteiger partial charge in [-0.25, -0.2) is 4.39 Å². The molecule has 33 heavy (non-hydrogen) atoms. The van der Waals surface area contributed by atoms with E-state index in [0.717, 1.165) is 29.0 Å². The second-order valence-electron chi connectivity index (χ2n) is 8.37. The lowest BCUT2D eigenvalue weighted by Gasteiger charge is -2.27. The second kappa shape index (κ2) is 8.58. The van der Waals surface area contributed by atoms with E-state index in [1.807, 2.05) is 53.1 Å². The van der Waals surface area contributed by atoms with E-state index in [1.165, 1.54) is 12.1 Å². The molecule has 3 heterocycles. The van der Waals surface area contributed by atoms with E-state index in [-0.39, 0.29) is 17.7 Å². The van der Waals surface area contributed by atoms with Crippen LogP contribution in [0.5, 0.6) is 11.5 Å². The molecule has 3 aromatic rings. The third-order valence-electron chi connectivity index (χ3n) is 6.21. The van der Waals surface area contributed by atoms with E-state index < -0.39 is 5.82 Å². The van der Waals surface area contributed by atoms with Crippen molar-refractivity contribution in [1.82, 2.24) is 9.88 Å². The van der Waals surface area contributed by atoms with Gasteiger partial charge in [-0.15, -0.1) is 0 Å². The van der Waals surface area contributed by atoms with E-state index >= 15 is 4.39 Å². The van der Waals surface area contributed by atoms with Crippen molar-refractivity contribution in [2.45, 2.75) is 19.4 Å². The minimum Gasteiger partial charge on any atom is -0.454 e. The molecule has 1 aromatic heterocycles. The Morgan fingerprint density at radius 1 is 1.21 bits per heavy atom. The maximum atomic E-state index is 15.0. The van der Waals surface area contributed by atoms with Crippen LogP contribution in [0.1, 0.15) is 12.0 Å². The fourth-order valence-electron chi connectivity index (χ4n) is 4.54. The summed E-state index contributed by atoms with van der Waals surface area (Å²) in [4.78, 5) is 22.5. The number of nitrogens with zero attached hydrogens (tertiary/aromatic N) is 4. The Kier molecular flexibility index (Phi) is 5.46. The summed E-state index contributed by atoms with van der Waals surface area (Å²) in [5.74, 6) is 0.306. The number of fused-ring (bicyclic) bond motifs is 1. The number of halogens is 1. The number of hydrogen-bond donors (Lipinski definition) is 0. The lowest BCUT2D eigenvalue weighted by Crippen LogP contribution is -2.40. The Hall–Kier alpha value is -3.87. The highest BCUT2D eigenvalue weighted by atomic mass is 19.1. The fourth-order valence-corrected chi connectivity index (χ4v) is 4.54. The number of pyridine rings is 1. The number of aromatic nitrogens is 1. The zero-order valence-electron chi connectivity index (χ0n) is 18.4. The minimum atomic E-state index is -0.429. The Labute approximate surface area is 192 Å². The van der Waals surface area contributed by atoms with Gasteiger partial charge in [-0.2, -0.15) is 0 Å². The topological polar surface area (TPSA) is 48.9 Å². The van der Waals surface area contributed by atoms with Crippen LogP contribution in [-0.4, -0.2) is 41.6 Å². The van der Waals surface area contributed by atoms with Gasteiger partial charge in [0.25, 0.3) is 0 Å². The quantitative estimate of drug-likeness (QED) is 0.517. The summed E-state index contributed by atoms with van der Waals surface area (Å²) >= 11 is 0. The molecule has 0 aliphatic carbocycles. The van der Waals surface area contributed by atoms with E-state index in [4.69, 9.17) is 4.74 Å². The summed E-state index contributed by atoms with van der Waals surface area (Å²) in [6.07, 6.45) is 5.79. The van der Waals surface area contributed by atoms with Crippen LogP contribution >= 0.6 is 0 Å². The third-order valence-corrected chi connectivity index (χ3v) is 6.21. The number of anilines is 3. The van der Waals surface area contributed by atoms with Crippen molar-refractivity contribution in [2.75, 3.05) is 29.6 Å². The zero-order valence-corrected chi connectivity index (χ0v) is 18.4. The van der Waals surface area contributed by atoms with Crippen LogP contribution in [0, 0.1) is 12.7 Å². The van der Waals surface area contributed by atoms with Crippen molar-refractivity contribution in [1.29, 1.82) is 0 Å². The number of ether oxygens (including phenoxy) is 1. The number of benzene rings is 2. The minimum absolute atomic E-state index is 0.0465. The number of aryl methyl sites for hydroxylation is 1. The van der Waals surface area contributed by atoms with Gasteiger partial charge in [-0.1, -0.05) is 18.7 Å². The molecule has 2 aromatic carbocycles. The van der Waals surface area contributed by atoms with E-state index in [9.17, 15) is 4.79 Å². The smallest absolute Gasteiger partial charge is 0.246 e. The SMILES string of the molecule is C=CC(=O)N1CC[C@@H](N2CN(c3ccc(Oc4cccc(C)c4)c(F)c3)c3cnccc32)C1. The predicted molar refractivity (Wildman–Crippen MR) is 127 cm³/mol. The van der Waals surface area contributed by atoms with Crippen LogP contribution in [0.25, 0.3) is 0 Å². The highest BCUT2D eigenvalue weighted by Crippen LogP contribution is 2.43. The van der Waals surface area contributed by atoms with Gasteiger partial charge in [0.2, 0.25) is 5.91 Å². The third kappa shape index (κ3) is 4.02. The monoisotopic (exact) mass is 444 g/mol. The predicted octanol–water partition coefficient (Wildman–Crippen LogP) is 5.02. The molecule has 0 saturated carbocycles. The molecule has 2 aliphatic heterocycles. The molecule has 2 aliphatic rings. The van der Waals surface area contributed by atoms with Gasteiger partial charge in [-0.3, -0.25) is 9.78 Å². The first-order valence-corrected chi connectivity index (χ1v) is 11.0. The average molecular weight is 445 g/mol.